The summed E-state index contributed by atoms with van der Waals surface area (Å²) in [6, 6.07) is 5.29. The molecule has 2 rings (SSSR count). The molecular weight excluding hydrogens is 206 g/mol. The van der Waals surface area contributed by atoms with Crippen LogP contribution in [-0.4, -0.2) is 26.2 Å². The Hall–Kier alpha value is -1.71. The molecule has 0 spiro atoms. The molecule has 1 aromatic rings. The van der Waals surface area contributed by atoms with Gasteiger partial charge in [-0.25, -0.2) is 4.79 Å². The molecule has 0 aromatic heterocycles. The lowest BCUT2D eigenvalue weighted by Gasteiger charge is -2.08. The molecule has 0 amide bonds. The molecule has 1 aromatic carbocycles. The Balaban J connectivity index is 2.28. The van der Waals surface area contributed by atoms with Crippen LogP contribution >= 0.6 is 0 Å². The SMILES string of the molecule is COC(=O)c1ccc2c(c1)OC[C@H](C)CN2. The fourth-order valence-corrected chi connectivity index (χ4v) is 1.61. The topological polar surface area (TPSA) is 47.6 Å². The molecule has 1 N–H and O–H groups in total. The first kappa shape index (κ1) is 10.8. The monoisotopic (exact) mass is 221 g/mol. The molecule has 86 valence electrons. The lowest BCUT2D eigenvalue weighted by atomic mass is 10.2. The van der Waals surface area contributed by atoms with Gasteiger partial charge in [0.15, 0.2) is 0 Å². The van der Waals surface area contributed by atoms with E-state index in [0.717, 1.165) is 12.2 Å². The van der Waals surface area contributed by atoms with E-state index in [-0.39, 0.29) is 5.97 Å². The van der Waals surface area contributed by atoms with Gasteiger partial charge < -0.3 is 14.8 Å². The van der Waals surface area contributed by atoms with Crippen molar-refractivity contribution in [2.75, 3.05) is 25.6 Å². The number of fused-ring (bicyclic) bond motifs is 1. The Morgan fingerprint density at radius 1 is 1.56 bits per heavy atom. The number of carbonyl (C=O) groups is 1. The average Bonchev–Trinajstić information content (AvgIpc) is 2.50. The summed E-state index contributed by atoms with van der Waals surface area (Å²) in [4.78, 5) is 11.4. The van der Waals surface area contributed by atoms with Crippen molar-refractivity contribution in [1.29, 1.82) is 0 Å². The molecule has 4 heteroatoms. The molecule has 1 heterocycles. The van der Waals surface area contributed by atoms with Gasteiger partial charge in [-0.05, 0) is 18.2 Å². The van der Waals surface area contributed by atoms with E-state index in [9.17, 15) is 4.79 Å². The zero-order valence-electron chi connectivity index (χ0n) is 9.45. The van der Waals surface area contributed by atoms with Crippen LogP contribution in [0, 0.1) is 5.92 Å². The maximum absolute atomic E-state index is 11.4. The van der Waals surface area contributed by atoms with Crippen LogP contribution < -0.4 is 10.1 Å². The van der Waals surface area contributed by atoms with Crippen molar-refractivity contribution in [1.82, 2.24) is 0 Å². The van der Waals surface area contributed by atoms with Crippen LogP contribution in [0.3, 0.4) is 0 Å². The van der Waals surface area contributed by atoms with Gasteiger partial charge >= 0.3 is 5.97 Å². The number of hydrogen-bond acceptors (Lipinski definition) is 4. The summed E-state index contributed by atoms with van der Waals surface area (Å²) in [5.74, 6) is 0.824. The van der Waals surface area contributed by atoms with Crippen molar-refractivity contribution in [3.05, 3.63) is 23.8 Å². The van der Waals surface area contributed by atoms with E-state index in [1.54, 1.807) is 12.1 Å². The van der Waals surface area contributed by atoms with Gasteiger partial charge in [0.1, 0.15) is 5.75 Å². The third-order valence-corrected chi connectivity index (χ3v) is 2.57. The molecule has 0 saturated carbocycles. The van der Waals surface area contributed by atoms with E-state index < -0.39 is 0 Å². The van der Waals surface area contributed by atoms with Crippen LogP contribution in [0.4, 0.5) is 5.69 Å². The Labute approximate surface area is 94.6 Å². The zero-order valence-corrected chi connectivity index (χ0v) is 9.45. The lowest BCUT2D eigenvalue weighted by Crippen LogP contribution is -2.13. The summed E-state index contributed by atoms with van der Waals surface area (Å²) in [5.41, 5.74) is 1.44. The number of esters is 1. The molecule has 0 saturated heterocycles. The van der Waals surface area contributed by atoms with Gasteiger partial charge in [0.25, 0.3) is 0 Å². The summed E-state index contributed by atoms with van der Waals surface area (Å²) in [6.07, 6.45) is 0. The second-order valence-corrected chi connectivity index (χ2v) is 4.00. The standard InChI is InChI=1S/C12H15NO3/c1-8-6-13-10-4-3-9(12(14)15-2)5-11(10)16-7-8/h3-5,8,13H,6-7H2,1-2H3/t8-/m1/s1. The second kappa shape index (κ2) is 4.43. The first-order valence-electron chi connectivity index (χ1n) is 5.29. The molecule has 0 fully saturated rings. The van der Waals surface area contributed by atoms with Crippen molar-refractivity contribution in [2.45, 2.75) is 6.92 Å². The lowest BCUT2D eigenvalue weighted by molar-refractivity contribution is 0.0600. The molecule has 1 atom stereocenters. The van der Waals surface area contributed by atoms with Crippen LogP contribution in [0.15, 0.2) is 18.2 Å². The van der Waals surface area contributed by atoms with Crippen LogP contribution in [0.2, 0.25) is 0 Å². The Bertz CT molecular complexity index is 403. The molecule has 0 unspecified atom stereocenters. The van der Waals surface area contributed by atoms with E-state index in [0.29, 0.717) is 23.8 Å². The van der Waals surface area contributed by atoms with Crippen LogP contribution in [0.5, 0.6) is 5.75 Å². The van der Waals surface area contributed by atoms with Gasteiger partial charge in [-0.15, -0.1) is 0 Å². The molecule has 0 bridgehead atoms. The number of hydrogen-bond donors (Lipinski definition) is 1. The number of nitrogens with one attached hydrogen (secondary N) is 1. The van der Waals surface area contributed by atoms with Crippen LogP contribution in [-0.2, 0) is 4.74 Å². The summed E-state index contributed by atoms with van der Waals surface area (Å²) in [7, 11) is 1.37. The third-order valence-electron chi connectivity index (χ3n) is 2.57. The average molecular weight is 221 g/mol. The van der Waals surface area contributed by atoms with E-state index in [1.165, 1.54) is 7.11 Å². The molecule has 1 aliphatic heterocycles. The van der Waals surface area contributed by atoms with Crippen LogP contribution in [0.1, 0.15) is 17.3 Å². The van der Waals surface area contributed by atoms with Gasteiger partial charge in [-0.3, -0.25) is 0 Å². The highest BCUT2D eigenvalue weighted by Crippen LogP contribution is 2.28. The molecule has 4 nitrogen and oxygen atoms in total. The normalized spacial score (nSPS) is 18.8. The highest BCUT2D eigenvalue weighted by Gasteiger charge is 2.15. The van der Waals surface area contributed by atoms with Crippen molar-refractivity contribution in [3.63, 3.8) is 0 Å². The van der Waals surface area contributed by atoms with Crippen molar-refractivity contribution < 1.29 is 14.3 Å². The summed E-state index contributed by atoms with van der Waals surface area (Å²) >= 11 is 0. The van der Waals surface area contributed by atoms with Gasteiger partial charge in [-0.1, -0.05) is 6.92 Å². The number of ether oxygens (including phenoxy) is 2. The van der Waals surface area contributed by atoms with E-state index in [2.05, 4.69) is 17.0 Å². The maximum atomic E-state index is 11.4. The highest BCUT2D eigenvalue weighted by atomic mass is 16.5. The summed E-state index contributed by atoms with van der Waals surface area (Å²) < 4.78 is 10.3. The molecule has 16 heavy (non-hydrogen) atoms. The van der Waals surface area contributed by atoms with E-state index in [1.807, 2.05) is 6.07 Å². The fraction of sp³-hybridized carbons (Fsp3) is 0.417. The Kier molecular flexibility index (Phi) is 2.99. The molecule has 1 aliphatic rings. The molecular formula is C12H15NO3. The maximum Gasteiger partial charge on any atom is 0.337 e. The second-order valence-electron chi connectivity index (χ2n) is 4.00. The minimum atomic E-state index is -0.344. The fourth-order valence-electron chi connectivity index (χ4n) is 1.61. The van der Waals surface area contributed by atoms with E-state index >= 15 is 0 Å². The van der Waals surface area contributed by atoms with Gasteiger partial charge in [0, 0.05) is 12.5 Å². The summed E-state index contributed by atoms with van der Waals surface area (Å²) in [6.45, 7) is 3.65. The number of methoxy groups -OCH3 is 1. The van der Waals surface area contributed by atoms with Gasteiger partial charge in [0.2, 0.25) is 0 Å². The first-order chi connectivity index (χ1) is 7.70. The van der Waals surface area contributed by atoms with E-state index in [4.69, 9.17) is 4.74 Å². The van der Waals surface area contributed by atoms with Crippen LogP contribution in [0.25, 0.3) is 0 Å². The van der Waals surface area contributed by atoms with Crippen molar-refractivity contribution >= 4 is 11.7 Å². The largest absolute Gasteiger partial charge is 0.491 e. The number of rotatable bonds is 1. The summed E-state index contributed by atoms with van der Waals surface area (Å²) in [5, 5.41) is 3.28. The number of benzene rings is 1. The Morgan fingerprint density at radius 3 is 3.12 bits per heavy atom. The molecule has 0 radical (unpaired) electrons. The predicted octanol–water partition coefficient (Wildman–Crippen LogP) is 1.91. The van der Waals surface area contributed by atoms with Gasteiger partial charge in [-0.2, -0.15) is 0 Å². The number of anilines is 1. The minimum Gasteiger partial charge on any atom is -0.491 e. The van der Waals surface area contributed by atoms with Gasteiger partial charge in [0.05, 0.1) is 25.0 Å². The first-order valence-corrected chi connectivity index (χ1v) is 5.29. The third kappa shape index (κ3) is 2.10. The Morgan fingerprint density at radius 2 is 2.38 bits per heavy atom. The van der Waals surface area contributed by atoms with Crippen molar-refractivity contribution in [2.24, 2.45) is 5.92 Å². The predicted molar refractivity (Wildman–Crippen MR) is 60.9 cm³/mol. The molecule has 0 aliphatic carbocycles. The minimum absolute atomic E-state index is 0.344. The highest BCUT2D eigenvalue weighted by molar-refractivity contribution is 5.90. The number of carbonyl (C=O) groups excluding carboxylic acids is 1. The van der Waals surface area contributed by atoms with Crippen molar-refractivity contribution in [3.8, 4) is 5.75 Å². The zero-order chi connectivity index (χ0) is 11.5. The smallest absolute Gasteiger partial charge is 0.337 e. The quantitative estimate of drug-likeness (QED) is 0.736.